The van der Waals surface area contributed by atoms with Gasteiger partial charge in [0.25, 0.3) is 0 Å². The Morgan fingerprint density at radius 2 is 1.77 bits per heavy atom. The van der Waals surface area contributed by atoms with Crippen molar-refractivity contribution in [3.63, 3.8) is 0 Å². The van der Waals surface area contributed by atoms with Crippen LogP contribution in [0.15, 0.2) is 30.3 Å². The molecular weight excluding hydrogens is 320 g/mol. The number of unbranched alkanes of at least 4 members (excludes halogenated alkanes) is 1. The molecule has 0 radical (unpaired) electrons. The Morgan fingerprint density at radius 3 is 2.36 bits per heavy atom. The van der Waals surface area contributed by atoms with E-state index in [4.69, 9.17) is 4.74 Å². The number of ether oxygens (including phenoxy) is 1. The van der Waals surface area contributed by atoms with Crippen LogP contribution >= 0.6 is 11.8 Å². The number of hydrogen-bond acceptors (Lipinski definition) is 3. The third-order valence-electron chi connectivity index (χ3n) is 3.02. The molecular formula is C15H18F4O2S. The van der Waals surface area contributed by atoms with Gasteiger partial charge in [0.15, 0.2) is 0 Å². The SMILES string of the molecule is CSC(F)(F)C(F)(F)CCCCOC(=O)Cc1ccccc1. The Morgan fingerprint density at radius 1 is 1.14 bits per heavy atom. The van der Waals surface area contributed by atoms with E-state index in [9.17, 15) is 22.4 Å². The molecule has 0 N–H and O–H groups in total. The summed E-state index contributed by atoms with van der Waals surface area (Å²) in [6.45, 7) is -0.0490. The molecule has 1 aromatic rings. The minimum Gasteiger partial charge on any atom is -0.465 e. The number of esters is 1. The highest BCUT2D eigenvalue weighted by molar-refractivity contribution is 7.99. The van der Waals surface area contributed by atoms with Crippen LogP contribution in [-0.4, -0.2) is 30.0 Å². The molecule has 0 bridgehead atoms. The predicted octanol–water partition coefficient (Wildman–Crippen LogP) is 4.53. The average Bonchev–Trinajstić information content (AvgIpc) is 2.47. The van der Waals surface area contributed by atoms with Crippen molar-refractivity contribution in [1.29, 1.82) is 0 Å². The molecule has 2 nitrogen and oxygen atoms in total. The van der Waals surface area contributed by atoms with Crippen LogP contribution in [0.1, 0.15) is 24.8 Å². The van der Waals surface area contributed by atoms with Gasteiger partial charge in [-0.2, -0.15) is 17.6 Å². The number of thioether (sulfide) groups is 1. The van der Waals surface area contributed by atoms with Crippen LogP contribution in [0.3, 0.4) is 0 Å². The van der Waals surface area contributed by atoms with Gasteiger partial charge in [0.2, 0.25) is 0 Å². The van der Waals surface area contributed by atoms with E-state index in [0.29, 0.717) is 0 Å². The van der Waals surface area contributed by atoms with Crippen LogP contribution in [0, 0.1) is 0 Å². The first-order valence-corrected chi connectivity index (χ1v) is 8.01. The van der Waals surface area contributed by atoms with E-state index in [1.807, 2.05) is 6.07 Å². The molecule has 0 amide bonds. The summed E-state index contributed by atoms with van der Waals surface area (Å²) in [6, 6.07) is 8.94. The van der Waals surface area contributed by atoms with E-state index in [0.717, 1.165) is 11.8 Å². The van der Waals surface area contributed by atoms with Gasteiger partial charge in [-0.05, 0) is 24.7 Å². The maximum Gasteiger partial charge on any atom is 0.355 e. The van der Waals surface area contributed by atoms with Crippen molar-refractivity contribution in [1.82, 2.24) is 0 Å². The lowest BCUT2D eigenvalue weighted by molar-refractivity contribution is -0.157. The highest BCUT2D eigenvalue weighted by atomic mass is 32.2. The van der Waals surface area contributed by atoms with Gasteiger partial charge < -0.3 is 4.74 Å². The van der Waals surface area contributed by atoms with Crippen molar-refractivity contribution in [2.24, 2.45) is 0 Å². The monoisotopic (exact) mass is 338 g/mol. The Labute approximate surface area is 131 Å². The van der Waals surface area contributed by atoms with E-state index >= 15 is 0 Å². The number of rotatable bonds is 9. The van der Waals surface area contributed by atoms with Gasteiger partial charge in [0.1, 0.15) is 0 Å². The summed E-state index contributed by atoms with van der Waals surface area (Å²) in [5.41, 5.74) is 0.790. The largest absolute Gasteiger partial charge is 0.465 e. The van der Waals surface area contributed by atoms with Crippen molar-refractivity contribution in [3.05, 3.63) is 35.9 Å². The van der Waals surface area contributed by atoms with Crippen molar-refractivity contribution < 1.29 is 27.1 Å². The quantitative estimate of drug-likeness (QED) is 0.376. The highest BCUT2D eigenvalue weighted by Crippen LogP contribution is 2.44. The molecule has 0 aliphatic heterocycles. The van der Waals surface area contributed by atoms with Crippen LogP contribution < -0.4 is 0 Å². The number of halogens is 4. The Balaban J connectivity index is 2.22. The molecule has 0 saturated heterocycles. The van der Waals surface area contributed by atoms with Crippen LogP contribution in [-0.2, 0) is 16.0 Å². The van der Waals surface area contributed by atoms with Gasteiger partial charge in [0, 0.05) is 6.42 Å². The smallest absolute Gasteiger partial charge is 0.355 e. The number of alkyl halides is 4. The summed E-state index contributed by atoms with van der Waals surface area (Å²) >= 11 is -0.165. The van der Waals surface area contributed by atoms with Gasteiger partial charge in [-0.1, -0.05) is 42.1 Å². The zero-order chi connectivity index (χ0) is 16.6. The molecule has 0 atom stereocenters. The molecule has 0 unspecified atom stereocenters. The van der Waals surface area contributed by atoms with Crippen LogP contribution in [0.25, 0.3) is 0 Å². The third-order valence-corrected chi connectivity index (χ3v) is 3.83. The van der Waals surface area contributed by atoms with Crippen molar-refractivity contribution in [2.75, 3.05) is 12.9 Å². The summed E-state index contributed by atoms with van der Waals surface area (Å²) in [6.07, 6.45) is 0.0975. The molecule has 7 heteroatoms. The van der Waals surface area contributed by atoms with Crippen molar-refractivity contribution >= 4 is 17.7 Å². The predicted molar refractivity (Wildman–Crippen MR) is 78.4 cm³/mol. The first-order chi connectivity index (χ1) is 10.3. The van der Waals surface area contributed by atoms with E-state index in [1.165, 1.54) is 0 Å². The fraction of sp³-hybridized carbons (Fsp3) is 0.533. The minimum absolute atomic E-state index is 0.0490. The Hall–Kier alpha value is -1.24. The molecule has 0 aromatic heterocycles. The van der Waals surface area contributed by atoms with Gasteiger partial charge in [-0.3, -0.25) is 4.79 Å². The highest BCUT2D eigenvalue weighted by Gasteiger charge is 2.54. The molecule has 1 rings (SSSR count). The van der Waals surface area contributed by atoms with E-state index in [1.54, 1.807) is 24.3 Å². The first-order valence-electron chi connectivity index (χ1n) is 6.79. The molecule has 0 aliphatic rings. The minimum atomic E-state index is -4.07. The number of carbonyl (C=O) groups excluding carboxylic acids is 1. The van der Waals surface area contributed by atoms with Gasteiger partial charge in [-0.15, -0.1) is 0 Å². The van der Waals surface area contributed by atoms with E-state index < -0.39 is 23.6 Å². The average molecular weight is 338 g/mol. The van der Waals surface area contributed by atoms with Gasteiger partial charge in [0.05, 0.1) is 13.0 Å². The zero-order valence-corrected chi connectivity index (χ0v) is 13.0. The summed E-state index contributed by atoms with van der Waals surface area (Å²) in [4.78, 5) is 11.5. The molecule has 0 heterocycles. The summed E-state index contributed by atoms with van der Waals surface area (Å²) in [5, 5.41) is -4.07. The first kappa shape index (κ1) is 18.8. The molecule has 0 aliphatic carbocycles. The second-order valence-electron chi connectivity index (χ2n) is 4.77. The molecule has 124 valence electrons. The lowest BCUT2D eigenvalue weighted by Crippen LogP contribution is -2.37. The van der Waals surface area contributed by atoms with Crippen molar-refractivity contribution in [3.8, 4) is 0 Å². The summed E-state index contributed by atoms with van der Waals surface area (Å²) in [5.74, 6) is -4.52. The van der Waals surface area contributed by atoms with Gasteiger partial charge >= 0.3 is 17.1 Å². The van der Waals surface area contributed by atoms with Crippen LogP contribution in [0.5, 0.6) is 0 Å². The maximum atomic E-state index is 13.2. The molecule has 22 heavy (non-hydrogen) atoms. The summed E-state index contributed by atoms with van der Waals surface area (Å²) < 4.78 is 57.2. The fourth-order valence-electron chi connectivity index (χ4n) is 1.74. The maximum absolute atomic E-state index is 13.2. The zero-order valence-electron chi connectivity index (χ0n) is 12.2. The Bertz CT molecular complexity index is 466. The van der Waals surface area contributed by atoms with Crippen molar-refractivity contribution in [2.45, 2.75) is 36.9 Å². The number of hydrogen-bond donors (Lipinski definition) is 0. The number of carbonyl (C=O) groups is 1. The molecule has 0 saturated carbocycles. The lowest BCUT2D eigenvalue weighted by atomic mass is 10.1. The third kappa shape index (κ3) is 5.87. The lowest BCUT2D eigenvalue weighted by Gasteiger charge is -2.24. The topological polar surface area (TPSA) is 26.3 Å². The second-order valence-corrected chi connectivity index (χ2v) is 5.69. The molecule has 0 spiro atoms. The molecule has 0 fully saturated rings. The fourth-order valence-corrected chi connectivity index (χ4v) is 2.14. The van der Waals surface area contributed by atoms with Gasteiger partial charge in [-0.25, -0.2) is 0 Å². The van der Waals surface area contributed by atoms with Crippen LogP contribution in [0.4, 0.5) is 17.6 Å². The summed E-state index contributed by atoms with van der Waals surface area (Å²) in [7, 11) is 0. The second kappa shape index (κ2) is 8.41. The molecule has 1 aromatic carbocycles. The number of benzene rings is 1. The normalized spacial score (nSPS) is 12.2. The van der Waals surface area contributed by atoms with E-state index in [2.05, 4.69) is 0 Å². The van der Waals surface area contributed by atoms with E-state index in [-0.39, 0.29) is 37.6 Å². The Kier molecular flexibility index (Phi) is 7.19. The van der Waals surface area contributed by atoms with Crippen LogP contribution in [0.2, 0.25) is 0 Å². The standard InChI is InChI=1S/C15H18F4O2S/c1-22-15(18,19)14(16,17)9-5-6-10-21-13(20)11-12-7-3-2-4-8-12/h2-4,7-8H,5-6,9-11H2,1H3.